The topological polar surface area (TPSA) is 79.1 Å². The van der Waals surface area contributed by atoms with Crippen LogP contribution in [-0.2, 0) is 0 Å². The van der Waals surface area contributed by atoms with Gasteiger partial charge in [-0.25, -0.2) is 4.79 Å². The van der Waals surface area contributed by atoms with E-state index >= 15 is 0 Å². The van der Waals surface area contributed by atoms with Gasteiger partial charge in [0, 0.05) is 5.56 Å². The van der Waals surface area contributed by atoms with Crippen molar-refractivity contribution < 1.29 is 9.63 Å². The summed E-state index contributed by atoms with van der Waals surface area (Å²) in [6.07, 6.45) is 0. The summed E-state index contributed by atoms with van der Waals surface area (Å²) in [4.78, 5) is 14.2. The maximum atomic E-state index is 10.6. The molecule has 1 heterocycles. The zero-order chi connectivity index (χ0) is 9.26. The van der Waals surface area contributed by atoms with Crippen molar-refractivity contribution in [3.63, 3.8) is 0 Å². The van der Waals surface area contributed by atoms with E-state index < -0.39 is 5.69 Å². The van der Waals surface area contributed by atoms with Crippen LogP contribution in [-0.4, -0.2) is 15.2 Å². The Balaban J connectivity index is 2.47. The monoisotopic (exact) mass is 178 g/mol. The Labute approximate surface area is 72.6 Å². The molecule has 5 heteroatoms. The van der Waals surface area contributed by atoms with Crippen molar-refractivity contribution in [1.29, 1.82) is 0 Å². The summed E-state index contributed by atoms with van der Waals surface area (Å²) in [6, 6.07) is 6.19. The molecule has 2 aromatic rings. The van der Waals surface area contributed by atoms with Crippen molar-refractivity contribution in [3.8, 4) is 17.2 Å². The Morgan fingerprint density at radius 1 is 1.31 bits per heavy atom. The van der Waals surface area contributed by atoms with Crippen LogP contribution in [0.1, 0.15) is 0 Å². The van der Waals surface area contributed by atoms with Crippen molar-refractivity contribution in [2.75, 3.05) is 0 Å². The summed E-state index contributed by atoms with van der Waals surface area (Å²) in [7, 11) is 0. The molecule has 0 amide bonds. The molecule has 1 aromatic carbocycles. The Hall–Kier alpha value is -2.04. The largest absolute Gasteiger partial charge is 0.508 e. The Morgan fingerprint density at radius 3 is 2.54 bits per heavy atom. The SMILES string of the molecule is O=c1nc(-c2ccc(O)cc2)o[nH]1. The minimum atomic E-state index is -0.525. The molecule has 13 heavy (non-hydrogen) atoms. The van der Waals surface area contributed by atoms with E-state index in [0.717, 1.165) is 0 Å². The van der Waals surface area contributed by atoms with E-state index in [1.807, 2.05) is 0 Å². The third-order valence-corrected chi connectivity index (χ3v) is 1.55. The van der Waals surface area contributed by atoms with Crippen molar-refractivity contribution in [1.82, 2.24) is 10.1 Å². The molecular formula is C8H6N2O3. The Bertz CT molecular complexity index is 455. The third kappa shape index (κ3) is 1.44. The normalized spacial score (nSPS) is 10.2. The van der Waals surface area contributed by atoms with Crippen LogP contribution >= 0.6 is 0 Å². The first-order valence-electron chi connectivity index (χ1n) is 3.60. The Morgan fingerprint density at radius 2 is 2.00 bits per heavy atom. The number of aromatic nitrogens is 2. The highest BCUT2D eigenvalue weighted by molar-refractivity contribution is 5.53. The fourth-order valence-electron chi connectivity index (χ4n) is 0.957. The number of phenols is 1. The number of hydrogen-bond acceptors (Lipinski definition) is 4. The highest BCUT2D eigenvalue weighted by Crippen LogP contribution is 2.17. The van der Waals surface area contributed by atoms with Gasteiger partial charge >= 0.3 is 5.69 Å². The molecule has 2 rings (SSSR count). The number of phenolic OH excluding ortho intramolecular Hbond substituents is 1. The number of rotatable bonds is 1. The number of aromatic hydroxyl groups is 1. The van der Waals surface area contributed by atoms with E-state index in [9.17, 15) is 4.79 Å². The smallest absolute Gasteiger partial charge is 0.377 e. The minimum absolute atomic E-state index is 0.154. The van der Waals surface area contributed by atoms with Crippen LogP contribution in [0.15, 0.2) is 33.6 Å². The van der Waals surface area contributed by atoms with Crippen LogP contribution in [0.25, 0.3) is 11.5 Å². The molecule has 0 atom stereocenters. The molecule has 0 aliphatic carbocycles. The molecule has 2 N–H and O–H groups in total. The van der Waals surface area contributed by atoms with Gasteiger partial charge in [-0.2, -0.15) is 10.1 Å². The van der Waals surface area contributed by atoms with Crippen molar-refractivity contribution in [2.45, 2.75) is 0 Å². The van der Waals surface area contributed by atoms with Gasteiger partial charge in [0.15, 0.2) is 0 Å². The molecule has 0 aliphatic rings. The maximum Gasteiger partial charge on any atom is 0.377 e. The summed E-state index contributed by atoms with van der Waals surface area (Å²) in [5, 5.41) is 11.1. The van der Waals surface area contributed by atoms with E-state index in [2.05, 4.69) is 10.1 Å². The molecule has 66 valence electrons. The van der Waals surface area contributed by atoms with E-state index in [1.165, 1.54) is 12.1 Å². The summed E-state index contributed by atoms with van der Waals surface area (Å²) in [5.41, 5.74) is 0.110. The van der Waals surface area contributed by atoms with Gasteiger partial charge in [0.05, 0.1) is 0 Å². The van der Waals surface area contributed by atoms with Crippen LogP contribution in [0.3, 0.4) is 0 Å². The highest BCUT2D eigenvalue weighted by atomic mass is 16.5. The number of benzene rings is 1. The van der Waals surface area contributed by atoms with Crippen LogP contribution in [0, 0.1) is 0 Å². The van der Waals surface area contributed by atoms with E-state index in [1.54, 1.807) is 12.1 Å². The number of nitrogens with zero attached hydrogens (tertiary/aromatic N) is 1. The standard InChI is InChI=1S/C8H6N2O3/c11-6-3-1-5(2-4-6)7-9-8(12)10-13-7/h1-4,11H,(H,10,12). The lowest BCUT2D eigenvalue weighted by Crippen LogP contribution is -1.99. The van der Waals surface area contributed by atoms with Gasteiger partial charge in [-0.15, -0.1) is 0 Å². The van der Waals surface area contributed by atoms with E-state index in [-0.39, 0.29) is 11.6 Å². The van der Waals surface area contributed by atoms with Crippen LogP contribution in [0.4, 0.5) is 0 Å². The summed E-state index contributed by atoms with van der Waals surface area (Å²) < 4.78 is 4.76. The fourth-order valence-corrected chi connectivity index (χ4v) is 0.957. The molecule has 5 nitrogen and oxygen atoms in total. The first-order valence-corrected chi connectivity index (χ1v) is 3.60. The molecule has 0 fully saturated rings. The number of H-pyrrole nitrogens is 1. The number of nitrogens with one attached hydrogen (secondary N) is 1. The Kier molecular flexibility index (Phi) is 1.63. The number of hydrogen-bond donors (Lipinski definition) is 2. The molecule has 0 bridgehead atoms. The lowest BCUT2D eigenvalue weighted by Gasteiger charge is -1.93. The van der Waals surface area contributed by atoms with Crippen molar-refractivity contribution >= 4 is 0 Å². The van der Waals surface area contributed by atoms with Gasteiger partial charge in [-0.3, -0.25) is 0 Å². The zero-order valence-corrected chi connectivity index (χ0v) is 6.52. The highest BCUT2D eigenvalue weighted by Gasteiger charge is 2.03. The van der Waals surface area contributed by atoms with Crippen LogP contribution in [0.2, 0.25) is 0 Å². The zero-order valence-electron chi connectivity index (χ0n) is 6.52. The molecule has 0 radical (unpaired) electrons. The second-order valence-electron chi connectivity index (χ2n) is 2.47. The predicted molar refractivity (Wildman–Crippen MR) is 44.2 cm³/mol. The van der Waals surface area contributed by atoms with Gasteiger partial charge in [0.2, 0.25) is 0 Å². The molecule has 0 spiro atoms. The fraction of sp³-hybridized carbons (Fsp3) is 0. The van der Waals surface area contributed by atoms with Gasteiger partial charge in [0.1, 0.15) is 5.75 Å². The van der Waals surface area contributed by atoms with Crippen LogP contribution < -0.4 is 5.69 Å². The van der Waals surface area contributed by atoms with Gasteiger partial charge in [0.25, 0.3) is 5.89 Å². The average Bonchev–Trinajstić information content (AvgIpc) is 2.53. The molecule has 0 aliphatic heterocycles. The first-order chi connectivity index (χ1) is 6.25. The van der Waals surface area contributed by atoms with Gasteiger partial charge in [-0.05, 0) is 24.3 Å². The van der Waals surface area contributed by atoms with Gasteiger partial charge in [-0.1, -0.05) is 0 Å². The third-order valence-electron chi connectivity index (χ3n) is 1.55. The summed E-state index contributed by atoms with van der Waals surface area (Å²) in [5.74, 6) is 0.367. The molecule has 0 saturated carbocycles. The van der Waals surface area contributed by atoms with Crippen molar-refractivity contribution in [2.24, 2.45) is 0 Å². The van der Waals surface area contributed by atoms with E-state index in [4.69, 9.17) is 9.63 Å². The predicted octanol–water partition coefficient (Wildman–Crippen LogP) is 0.735. The molecule has 1 aromatic heterocycles. The number of aromatic amines is 1. The quantitative estimate of drug-likeness (QED) is 0.674. The maximum absolute atomic E-state index is 10.6. The van der Waals surface area contributed by atoms with Gasteiger partial charge < -0.3 is 9.63 Å². The average molecular weight is 178 g/mol. The molecule has 0 unspecified atom stereocenters. The second kappa shape index (κ2) is 2.78. The second-order valence-corrected chi connectivity index (χ2v) is 2.47. The lowest BCUT2D eigenvalue weighted by atomic mass is 10.2. The molecular weight excluding hydrogens is 172 g/mol. The first kappa shape index (κ1) is 7.60. The summed E-state index contributed by atoms with van der Waals surface area (Å²) >= 11 is 0. The van der Waals surface area contributed by atoms with E-state index in [0.29, 0.717) is 5.56 Å². The lowest BCUT2D eigenvalue weighted by molar-refractivity contribution is 0.424. The molecule has 0 saturated heterocycles. The van der Waals surface area contributed by atoms with Crippen molar-refractivity contribution in [3.05, 3.63) is 34.7 Å². The minimum Gasteiger partial charge on any atom is -0.508 e. The summed E-state index contributed by atoms with van der Waals surface area (Å²) in [6.45, 7) is 0. The van der Waals surface area contributed by atoms with Crippen LogP contribution in [0.5, 0.6) is 5.75 Å².